The Labute approximate surface area is 149 Å². The second-order valence-electron chi connectivity index (χ2n) is 5.95. The summed E-state index contributed by atoms with van der Waals surface area (Å²) in [5.74, 6) is -1.03. The molecule has 2 aromatic rings. The zero-order valence-electron chi connectivity index (χ0n) is 14.0. The highest BCUT2D eigenvalue weighted by Gasteiger charge is 2.17. The van der Waals surface area contributed by atoms with Crippen LogP contribution in [-0.4, -0.2) is 30.3 Å². The molecule has 1 amide bonds. The summed E-state index contributed by atoms with van der Waals surface area (Å²) in [7, 11) is 0. The lowest BCUT2D eigenvalue weighted by molar-refractivity contribution is -0.120. The molecule has 0 aromatic heterocycles. The molecule has 7 heteroatoms. The van der Waals surface area contributed by atoms with Crippen molar-refractivity contribution < 1.29 is 28.6 Å². The Hall–Kier alpha value is -2.93. The van der Waals surface area contributed by atoms with Crippen molar-refractivity contribution in [1.82, 2.24) is 5.32 Å². The Kier molecular flexibility index (Phi) is 5.48. The van der Waals surface area contributed by atoms with Gasteiger partial charge in [-0.25, -0.2) is 9.18 Å². The number of hydrogen-bond donors (Lipinski definition) is 2. The van der Waals surface area contributed by atoms with Crippen LogP contribution in [0.4, 0.5) is 4.39 Å². The van der Waals surface area contributed by atoms with Gasteiger partial charge in [0, 0.05) is 12.1 Å². The van der Waals surface area contributed by atoms with Gasteiger partial charge < -0.3 is 19.9 Å². The van der Waals surface area contributed by atoms with E-state index < -0.39 is 5.97 Å². The van der Waals surface area contributed by atoms with Crippen molar-refractivity contribution >= 4 is 11.9 Å². The van der Waals surface area contributed by atoms with Crippen LogP contribution in [0.2, 0.25) is 0 Å². The third kappa shape index (κ3) is 4.37. The molecule has 0 fully saturated rings. The van der Waals surface area contributed by atoms with Crippen molar-refractivity contribution in [2.75, 3.05) is 13.3 Å². The fourth-order valence-corrected chi connectivity index (χ4v) is 2.84. The van der Waals surface area contributed by atoms with Gasteiger partial charge in [-0.3, -0.25) is 4.79 Å². The van der Waals surface area contributed by atoms with Gasteiger partial charge in [0.05, 0.1) is 18.6 Å². The van der Waals surface area contributed by atoms with Gasteiger partial charge in [-0.2, -0.15) is 0 Å². The van der Waals surface area contributed by atoms with Crippen LogP contribution >= 0.6 is 0 Å². The molecule has 0 spiro atoms. The number of rotatable bonds is 6. The molecule has 0 aliphatic carbocycles. The van der Waals surface area contributed by atoms with Gasteiger partial charge in [0.15, 0.2) is 6.79 Å². The number of carbonyl (C=O) groups excluding carboxylic acids is 1. The number of amides is 1. The van der Waals surface area contributed by atoms with Crippen molar-refractivity contribution in [3.05, 3.63) is 64.5 Å². The minimum atomic E-state index is -1.04. The first-order valence-electron chi connectivity index (χ1n) is 8.13. The summed E-state index contributed by atoms with van der Waals surface area (Å²) in [5.41, 5.74) is 2.09. The van der Waals surface area contributed by atoms with Crippen molar-refractivity contribution in [1.29, 1.82) is 0 Å². The second-order valence-corrected chi connectivity index (χ2v) is 5.95. The lowest BCUT2D eigenvalue weighted by Crippen LogP contribution is -2.27. The van der Waals surface area contributed by atoms with Crippen molar-refractivity contribution in [2.45, 2.75) is 19.4 Å². The first kappa shape index (κ1) is 17.9. The molecule has 1 heterocycles. The number of hydrogen-bond acceptors (Lipinski definition) is 4. The van der Waals surface area contributed by atoms with E-state index in [1.165, 1.54) is 24.3 Å². The Balaban J connectivity index is 1.57. The minimum Gasteiger partial charge on any atom is -0.478 e. The highest BCUT2D eigenvalue weighted by Crippen LogP contribution is 2.29. The number of nitrogens with one attached hydrogen (secondary N) is 1. The summed E-state index contributed by atoms with van der Waals surface area (Å²) >= 11 is 0. The van der Waals surface area contributed by atoms with Gasteiger partial charge >= 0.3 is 5.97 Å². The molecule has 0 atom stereocenters. The number of benzene rings is 2. The van der Waals surface area contributed by atoms with E-state index in [0.29, 0.717) is 42.0 Å². The fourth-order valence-electron chi connectivity index (χ4n) is 2.84. The zero-order valence-corrected chi connectivity index (χ0v) is 14.0. The summed E-state index contributed by atoms with van der Waals surface area (Å²) < 4.78 is 24.3. The van der Waals surface area contributed by atoms with Gasteiger partial charge in [-0.1, -0.05) is 12.1 Å². The van der Waals surface area contributed by atoms with Gasteiger partial charge in [-0.05, 0) is 41.8 Å². The minimum absolute atomic E-state index is 0.0761. The van der Waals surface area contributed by atoms with Crippen molar-refractivity contribution in [2.24, 2.45) is 0 Å². The van der Waals surface area contributed by atoms with Crippen molar-refractivity contribution in [3.63, 3.8) is 0 Å². The molecular weight excluding hydrogens is 341 g/mol. The zero-order chi connectivity index (χ0) is 18.5. The van der Waals surface area contributed by atoms with Crippen LogP contribution < -0.4 is 10.1 Å². The van der Waals surface area contributed by atoms with E-state index in [2.05, 4.69) is 5.32 Å². The average molecular weight is 359 g/mol. The van der Waals surface area contributed by atoms with Crippen molar-refractivity contribution in [3.8, 4) is 5.75 Å². The maximum atomic E-state index is 13.7. The smallest absolute Gasteiger partial charge is 0.335 e. The summed E-state index contributed by atoms with van der Waals surface area (Å²) in [6, 6.07) is 9.02. The summed E-state index contributed by atoms with van der Waals surface area (Å²) in [6.45, 7) is 0.738. The molecule has 0 radical (unpaired) electrons. The van der Waals surface area contributed by atoms with E-state index in [9.17, 15) is 14.0 Å². The first-order chi connectivity index (χ1) is 12.5. The molecule has 26 heavy (non-hydrogen) atoms. The third-order valence-electron chi connectivity index (χ3n) is 4.01. The fraction of sp³-hybridized carbons (Fsp3) is 0.263. The number of halogens is 1. The lowest BCUT2D eigenvalue weighted by atomic mass is 10.0. The maximum Gasteiger partial charge on any atom is 0.335 e. The Morgan fingerprint density at radius 3 is 2.88 bits per heavy atom. The Morgan fingerprint density at radius 2 is 2.08 bits per heavy atom. The predicted molar refractivity (Wildman–Crippen MR) is 90.5 cm³/mol. The number of carbonyl (C=O) groups is 2. The molecule has 6 nitrogen and oxygen atoms in total. The molecule has 0 saturated heterocycles. The normalized spacial score (nSPS) is 12.8. The Bertz CT molecular complexity index is 837. The largest absolute Gasteiger partial charge is 0.478 e. The average Bonchev–Trinajstić information content (AvgIpc) is 2.61. The van der Waals surface area contributed by atoms with E-state index in [1.54, 1.807) is 12.1 Å². The summed E-state index contributed by atoms with van der Waals surface area (Å²) in [6.07, 6.45) is 0.494. The number of carboxylic acid groups (broad SMARTS) is 1. The molecular formula is C19H18FNO5. The molecule has 0 bridgehead atoms. The van der Waals surface area contributed by atoms with Crippen LogP contribution in [0.25, 0.3) is 0 Å². The molecule has 1 aliphatic rings. The number of carboxylic acids is 1. The highest BCUT2D eigenvalue weighted by molar-refractivity contribution is 5.88. The molecule has 2 N–H and O–H groups in total. The standard InChI is InChI=1S/C19H18FNO5/c20-16-8-13(18-15(9-16)10-25-11-26-18)4-5-21-17(22)7-12-2-1-3-14(6-12)19(23)24/h1-3,6,8-9H,4-5,7,10-11H2,(H,21,22)(H,23,24). The van der Waals surface area contributed by atoms with Gasteiger partial charge in [0.1, 0.15) is 11.6 Å². The molecule has 1 aliphatic heterocycles. The predicted octanol–water partition coefficient (Wildman–Crippen LogP) is 2.29. The Morgan fingerprint density at radius 1 is 1.23 bits per heavy atom. The van der Waals surface area contributed by atoms with Crippen LogP contribution in [0, 0.1) is 5.82 Å². The number of aromatic carboxylic acids is 1. The summed E-state index contributed by atoms with van der Waals surface area (Å²) in [5, 5.41) is 11.7. The van der Waals surface area contributed by atoms with E-state index in [1.807, 2.05) is 0 Å². The van der Waals surface area contributed by atoms with E-state index in [-0.39, 0.29) is 30.5 Å². The number of ether oxygens (including phenoxy) is 2. The van der Waals surface area contributed by atoms with Crippen LogP contribution in [0.3, 0.4) is 0 Å². The number of fused-ring (bicyclic) bond motifs is 1. The van der Waals surface area contributed by atoms with Crippen LogP contribution in [-0.2, 0) is 29.0 Å². The lowest BCUT2D eigenvalue weighted by Gasteiger charge is -2.21. The molecule has 2 aromatic carbocycles. The van der Waals surface area contributed by atoms with Gasteiger partial charge in [-0.15, -0.1) is 0 Å². The quantitative estimate of drug-likeness (QED) is 0.827. The topological polar surface area (TPSA) is 84.9 Å². The van der Waals surface area contributed by atoms with E-state index in [4.69, 9.17) is 14.6 Å². The monoisotopic (exact) mass is 359 g/mol. The first-order valence-corrected chi connectivity index (χ1v) is 8.13. The van der Waals surface area contributed by atoms with E-state index >= 15 is 0 Å². The second kappa shape index (κ2) is 7.97. The highest BCUT2D eigenvalue weighted by atomic mass is 19.1. The van der Waals surface area contributed by atoms with Gasteiger partial charge in [0.25, 0.3) is 0 Å². The molecule has 0 saturated carbocycles. The summed E-state index contributed by atoms with van der Waals surface area (Å²) in [4.78, 5) is 23.0. The van der Waals surface area contributed by atoms with Gasteiger partial charge in [0.2, 0.25) is 5.91 Å². The van der Waals surface area contributed by atoms with Crippen LogP contribution in [0.5, 0.6) is 5.75 Å². The maximum absolute atomic E-state index is 13.7. The van der Waals surface area contributed by atoms with Crippen LogP contribution in [0.1, 0.15) is 27.0 Å². The van der Waals surface area contributed by atoms with E-state index in [0.717, 1.165) is 0 Å². The SMILES string of the molecule is O=C(Cc1cccc(C(=O)O)c1)NCCc1cc(F)cc2c1OCOC2. The molecule has 136 valence electrons. The van der Waals surface area contributed by atoms with Crippen LogP contribution in [0.15, 0.2) is 36.4 Å². The molecule has 0 unspecified atom stereocenters. The molecule has 3 rings (SSSR count). The third-order valence-corrected chi connectivity index (χ3v) is 4.01.